The Kier molecular flexibility index (Phi) is 6.44. The van der Waals surface area contributed by atoms with Gasteiger partial charge in [-0.05, 0) is 23.5 Å². The predicted molar refractivity (Wildman–Crippen MR) is 105 cm³/mol. The Morgan fingerprint density at radius 1 is 1.22 bits per heavy atom. The first kappa shape index (κ1) is 20.3. The molecule has 0 spiro atoms. The van der Waals surface area contributed by atoms with E-state index in [9.17, 15) is 20.4 Å². The Hall–Kier alpha value is -3.03. The lowest BCUT2D eigenvalue weighted by Gasteiger charge is -2.15. The van der Waals surface area contributed by atoms with Crippen molar-refractivity contribution in [3.05, 3.63) is 41.0 Å². The summed E-state index contributed by atoms with van der Waals surface area (Å²) in [6, 6.07) is 11.7. The molecular weight excluding hydrogens is 360 g/mol. The zero-order chi connectivity index (χ0) is 20.1. The second kappa shape index (κ2) is 8.57. The minimum absolute atomic E-state index is 0.0119. The van der Waals surface area contributed by atoms with Gasteiger partial charge in [0.25, 0.3) is 0 Å². The van der Waals surface area contributed by atoms with Crippen LogP contribution in [0.4, 0.5) is 5.82 Å². The van der Waals surface area contributed by atoms with E-state index in [1.54, 1.807) is 6.92 Å². The number of aliphatic carboxylic acids is 1. The van der Waals surface area contributed by atoms with Crippen LogP contribution in [0.25, 0.3) is 11.1 Å². The smallest absolute Gasteiger partial charge is 0.317 e. The van der Waals surface area contributed by atoms with Gasteiger partial charge in [-0.2, -0.15) is 10.5 Å². The van der Waals surface area contributed by atoms with E-state index < -0.39 is 11.2 Å². The van der Waals surface area contributed by atoms with E-state index in [4.69, 9.17) is 5.73 Å². The average molecular weight is 380 g/mol. The van der Waals surface area contributed by atoms with Crippen LogP contribution >= 0.6 is 11.8 Å². The van der Waals surface area contributed by atoms with Crippen LogP contribution < -0.4 is 5.73 Å². The van der Waals surface area contributed by atoms with Gasteiger partial charge >= 0.3 is 5.97 Å². The van der Waals surface area contributed by atoms with Crippen LogP contribution in [0.2, 0.25) is 0 Å². The number of nitriles is 2. The Labute approximate surface area is 162 Å². The average Bonchev–Trinajstić information content (AvgIpc) is 2.65. The van der Waals surface area contributed by atoms with Crippen molar-refractivity contribution < 1.29 is 9.90 Å². The fourth-order valence-electron chi connectivity index (χ4n) is 2.65. The number of carboxylic acid groups (broad SMARTS) is 1. The summed E-state index contributed by atoms with van der Waals surface area (Å²) in [6.45, 7) is 5.90. The lowest BCUT2D eigenvalue weighted by atomic mass is 9.94. The summed E-state index contributed by atoms with van der Waals surface area (Å²) < 4.78 is 0. The summed E-state index contributed by atoms with van der Waals surface area (Å²) in [5, 5.41) is 28.1. The number of nitrogens with two attached hydrogens (primary N) is 1. The summed E-state index contributed by atoms with van der Waals surface area (Å²) in [6.07, 6.45) is 0.366. The van der Waals surface area contributed by atoms with E-state index in [-0.39, 0.29) is 22.0 Å². The van der Waals surface area contributed by atoms with Crippen molar-refractivity contribution in [1.29, 1.82) is 10.5 Å². The van der Waals surface area contributed by atoms with Gasteiger partial charge in [-0.3, -0.25) is 4.79 Å². The lowest BCUT2D eigenvalue weighted by molar-refractivity contribution is -0.136. The van der Waals surface area contributed by atoms with E-state index in [0.717, 1.165) is 17.3 Å². The minimum Gasteiger partial charge on any atom is -0.480 e. The Morgan fingerprint density at radius 2 is 1.81 bits per heavy atom. The molecule has 7 heteroatoms. The van der Waals surface area contributed by atoms with Crippen molar-refractivity contribution in [3.63, 3.8) is 0 Å². The van der Waals surface area contributed by atoms with Gasteiger partial charge in [0.15, 0.2) is 0 Å². The van der Waals surface area contributed by atoms with Crippen molar-refractivity contribution in [2.24, 2.45) is 0 Å². The molecule has 2 aromatic rings. The van der Waals surface area contributed by atoms with E-state index in [2.05, 4.69) is 24.9 Å². The van der Waals surface area contributed by atoms with Crippen LogP contribution in [0.15, 0.2) is 29.3 Å². The first-order valence-electron chi connectivity index (χ1n) is 8.47. The molecule has 3 N–H and O–H groups in total. The number of pyridine rings is 1. The molecule has 1 atom stereocenters. The summed E-state index contributed by atoms with van der Waals surface area (Å²) in [7, 11) is 0. The highest BCUT2D eigenvalue weighted by molar-refractivity contribution is 8.00. The van der Waals surface area contributed by atoms with Crippen LogP contribution in [0.3, 0.4) is 0 Å². The molecular formula is C20H20N4O2S. The Balaban J connectivity index is 2.70. The van der Waals surface area contributed by atoms with Gasteiger partial charge in [0, 0.05) is 5.56 Å². The largest absolute Gasteiger partial charge is 0.480 e. The van der Waals surface area contributed by atoms with Crippen LogP contribution in [0.1, 0.15) is 49.8 Å². The van der Waals surface area contributed by atoms with Gasteiger partial charge in [-0.15, -0.1) is 0 Å². The van der Waals surface area contributed by atoms with Crippen LogP contribution in [-0.2, 0) is 4.79 Å². The lowest BCUT2D eigenvalue weighted by Crippen LogP contribution is -2.16. The predicted octanol–water partition coefficient (Wildman–Crippen LogP) is 4.15. The number of benzene rings is 1. The van der Waals surface area contributed by atoms with Crippen molar-refractivity contribution >= 4 is 23.5 Å². The quantitative estimate of drug-likeness (QED) is 0.721. The van der Waals surface area contributed by atoms with E-state index in [0.29, 0.717) is 23.5 Å². The molecule has 0 radical (unpaired) electrons. The molecule has 0 fully saturated rings. The molecule has 0 saturated heterocycles. The summed E-state index contributed by atoms with van der Waals surface area (Å²) in [5.74, 6) is -0.652. The van der Waals surface area contributed by atoms with Crippen LogP contribution in [-0.4, -0.2) is 21.3 Å². The maximum Gasteiger partial charge on any atom is 0.317 e. The molecule has 0 aliphatic heterocycles. The molecule has 1 aromatic carbocycles. The number of thioether (sulfide) groups is 1. The van der Waals surface area contributed by atoms with E-state index >= 15 is 0 Å². The number of aromatic nitrogens is 1. The monoisotopic (exact) mass is 380 g/mol. The Bertz CT molecular complexity index is 940. The second-order valence-electron chi connectivity index (χ2n) is 6.28. The van der Waals surface area contributed by atoms with Crippen molar-refractivity contribution in [2.45, 2.75) is 43.4 Å². The topological polar surface area (TPSA) is 124 Å². The van der Waals surface area contributed by atoms with Gasteiger partial charge in [-0.1, -0.05) is 56.8 Å². The van der Waals surface area contributed by atoms with Gasteiger partial charge in [0.2, 0.25) is 0 Å². The number of nitrogen functional groups attached to an aromatic ring is 1. The van der Waals surface area contributed by atoms with E-state index in [1.807, 2.05) is 30.3 Å². The number of rotatable bonds is 6. The first-order valence-corrected chi connectivity index (χ1v) is 9.35. The molecule has 0 aliphatic carbocycles. The maximum absolute atomic E-state index is 11.4. The molecule has 0 amide bonds. The third kappa shape index (κ3) is 4.21. The fourth-order valence-corrected chi connectivity index (χ4v) is 3.60. The highest BCUT2D eigenvalue weighted by atomic mass is 32.2. The van der Waals surface area contributed by atoms with Crippen molar-refractivity contribution in [2.75, 3.05) is 5.73 Å². The number of nitrogens with zero attached hydrogens (tertiary/aromatic N) is 3. The fraction of sp³-hybridized carbons (Fsp3) is 0.300. The van der Waals surface area contributed by atoms with E-state index in [1.165, 1.54) is 0 Å². The van der Waals surface area contributed by atoms with Crippen LogP contribution in [0, 0.1) is 22.7 Å². The third-order valence-electron chi connectivity index (χ3n) is 4.18. The molecule has 0 bridgehead atoms. The molecule has 2 rings (SSSR count). The first-order chi connectivity index (χ1) is 12.8. The van der Waals surface area contributed by atoms with Crippen LogP contribution in [0.5, 0.6) is 0 Å². The number of hydrogen-bond donors (Lipinski definition) is 2. The minimum atomic E-state index is -0.987. The SMILES string of the molecule is CCC(Sc1nc(N)c(C#N)c(-c2ccc(C(C)C)cc2)c1C#N)C(=O)O. The highest BCUT2D eigenvalue weighted by Gasteiger charge is 2.25. The molecule has 138 valence electrons. The van der Waals surface area contributed by atoms with Gasteiger partial charge in [0.1, 0.15) is 33.8 Å². The number of hydrogen-bond acceptors (Lipinski definition) is 6. The third-order valence-corrected chi connectivity index (χ3v) is 5.52. The van der Waals surface area contributed by atoms with Gasteiger partial charge in [-0.25, -0.2) is 4.98 Å². The number of anilines is 1. The molecule has 27 heavy (non-hydrogen) atoms. The van der Waals surface area contributed by atoms with Crippen molar-refractivity contribution in [1.82, 2.24) is 4.98 Å². The van der Waals surface area contributed by atoms with Crippen molar-refractivity contribution in [3.8, 4) is 23.3 Å². The van der Waals surface area contributed by atoms with Gasteiger partial charge < -0.3 is 10.8 Å². The molecule has 6 nitrogen and oxygen atoms in total. The summed E-state index contributed by atoms with van der Waals surface area (Å²) in [5.41, 5.74) is 8.45. The molecule has 1 heterocycles. The number of carboxylic acids is 1. The summed E-state index contributed by atoms with van der Waals surface area (Å²) >= 11 is 0.976. The normalized spacial score (nSPS) is 11.6. The molecule has 0 saturated carbocycles. The van der Waals surface area contributed by atoms with Gasteiger partial charge in [0.05, 0.1) is 5.56 Å². The highest BCUT2D eigenvalue weighted by Crippen LogP contribution is 2.37. The molecule has 0 aliphatic rings. The zero-order valence-electron chi connectivity index (χ0n) is 15.4. The molecule has 1 unspecified atom stereocenters. The number of carbonyl (C=O) groups is 1. The second-order valence-corrected chi connectivity index (χ2v) is 7.47. The molecule has 1 aromatic heterocycles. The summed E-state index contributed by atoms with van der Waals surface area (Å²) in [4.78, 5) is 15.5. The Morgan fingerprint density at radius 3 is 2.26 bits per heavy atom. The zero-order valence-corrected chi connectivity index (χ0v) is 16.2. The standard InChI is InChI=1S/C20H20N4O2S/c1-4-16(20(25)26)27-19-15(10-22)17(14(9-21)18(23)24-19)13-7-5-12(6-8-13)11(2)3/h5-8,11,16H,4H2,1-3H3,(H2,23,24)(H,25,26). The maximum atomic E-state index is 11.4.